The summed E-state index contributed by atoms with van der Waals surface area (Å²) in [6, 6.07) is 7.96. The average Bonchev–Trinajstić information content (AvgIpc) is 2.38. The van der Waals surface area contributed by atoms with Crippen LogP contribution < -0.4 is 0 Å². The zero-order valence-corrected chi connectivity index (χ0v) is 9.39. The van der Waals surface area contributed by atoms with E-state index >= 15 is 0 Å². The van der Waals surface area contributed by atoms with Gasteiger partial charge in [-0.05, 0) is 30.9 Å². The minimum Gasteiger partial charge on any atom is -0.256 e. The summed E-state index contributed by atoms with van der Waals surface area (Å²) in [5.74, 6) is 0.574. The Balaban J connectivity index is 2.16. The van der Waals surface area contributed by atoms with Crippen LogP contribution in [0.3, 0.4) is 0 Å². The van der Waals surface area contributed by atoms with Gasteiger partial charge >= 0.3 is 0 Å². The van der Waals surface area contributed by atoms with Gasteiger partial charge < -0.3 is 0 Å². The van der Waals surface area contributed by atoms with E-state index in [1.54, 1.807) is 6.20 Å². The summed E-state index contributed by atoms with van der Waals surface area (Å²) < 4.78 is 0. The van der Waals surface area contributed by atoms with Crippen molar-refractivity contribution in [2.24, 2.45) is 5.92 Å². The monoisotopic (exact) mass is 212 g/mol. The molecular formula is C14H16N2. The molecule has 0 unspecified atom stereocenters. The Labute approximate surface area is 96.6 Å². The molecule has 0 saturated heterocycles. The molecule has 2 rings (SSSR count). The van der Waals surface area contributed by atoms with Crippen molar-refractivity contribution in [1.29, 1.82) is 5.26 Å². The van der Waals surface area contributed by atoms with Crippen molar-refractivity contribution in [3.8, 4) is 6.07 Å². The molecule has 1 aliphatic rings. The number of aromatic nitrogens is 1. The first-order valence-electron chi connectivity index (χ1n) is 5.93. The van der Waals surface area contributed by atoms with Crippen LogP contribution in [0, 0.1) is 17.2 Å². The lowest BCUT2D eigenvalue weighted by atomic mass is 9.87. The van der Waals surface area contributed by atoms with Gasteiger partial charge in [-0.25, -0.2) is 0 Å². The number of nitrogens with zero attached hydrogens (tertiary/aromatic N) is 2. The molecule has 2 nitrogen and oxygen atoms in total. The molecule has 82 valence electrons. The molecule has 1 aromatic rings. The summed E-state index contributed by atoms with van der Waals surface area (Å²) in [7, 11) is 0. The van der Waals surface area contributed by atoms with Crippen LogP contribution in [0.1, 0.15) is 37.8 Å². The van der Waals surface area contributed by atoms with Crippen molar-refractivity contribution in [2.45, 2.75) is 32.1 Å². The van der Waals surface area contributed by atoms with E-state index in [9.17, 15) is 0 Å². The molecular weight excluding hydrogens is 196 g/mol. The summed E-state index contributed by atoms with van der Waals surface area (Å²) in [4.78, 5) is 4.22. The second-order valence-electron chi connectivity index (χ2n) is 4.31. The highest BCUT2D eigenvalue weighted by atomic mass is 14.7. The van der Waals surface area contributed by atoms with Crippen LogP contribution in [0.5, 0.6) is 0 Å². The van der Waals surface area contributed by atoms with Crippen molar-refractivity contribution in [1.82, 2.24) is 4.98 Å². The average molecular weight is 212 g/mol. The van der Waals surface area contributed by atoms with Crippen molar-refractivity contribution in [3.05, 3.63) is 36.2 Å². The molecule has 0 aliphatic heterocycles. The van der Waals surface area contributed by atoms with Crippen LogP contribution in [-0.4, -0.2) is 4.98 Å². The summed E-state index contributed by atoms with van der Waals surface area (Å²) in [5, 5.41) is 9.15. The Hall–Kier alpha value is -1.62. The summed E-state index contributed by atoms with van der Waals surface area (Å²) in [5.41, 5.74) is 1.53. The molecule has 2 heteroatoms. The molecule has 0 atom stereocenters. The van der Waals surface area contributed by atoms with Gasteiger partial charge in [0.2, 0.25) is 0 Å². The fourth-order valence-corrected chi connectivity index (χ4v) is 2.24. The second kappa shape index (κ2) is 5.46. The van der Waals surface area contributed by atoms with Crippen LogP contribution in [0.4, 0.5) is 0 Å². The molecule has 1 fully saturated rings. The Morgan fingerprint density at radius 1 is 1.31 bits per heavy atom. The quantitative estimate of drug-likeness (QED) is 0.703. The summed E-state index contributed by atoms with van der Waals surface area (Å²) in [6.07, 6.45) is 10.2. The molecule has 1 aliphatic carbocycles. The van der Waals surface area contributed by atoms with E-state index in [0.29, 0.717) is 5.92 Å². The molecule has 0 amide bonds. The zero-order chi connectivity index (χ0) is 11.2. The van der Waals surface area contributed by atoms with Crippen LogP contribution in [0.15, 0.2) is 30.5 Å². The fourth-order valence-electron chi connectivity index (χ4n) is 2.24. The van der Waals surface area contributed by atoms with E-state index in [2.05, 4.69) is 17.1 Å². The number of rotatable bonds is 2. The first kappa shape index (κ1) is 10.9. The number of nitriles is 1. The highest BCUT2D eigenvalue weighted by Gasteiger charge is 2.12. The fraction of sp³-hybridized carbons (Fsp3) is 0.429. The van der Waals surface area contributed by atoms with Gasteiger partial charge in [0.1, 0.15) is 6.07 Å². The second-order valence-corrected chi connectivity index (χ2v) is 4.31. The lowest BCUT2D eigenvalue weighted by Gasteiger charge is -2.18. The van der Waals surface area contributed by atoms with Gasteiger partial charge in [-0.3, -0.25) is 4.98 Å². The van der Waals surface area contributed by atoms with Gasteiger partial charge in [0, 0.05) is 6.20 Å². The van der Waals surface area contributed by atoms with Crippen molar-refractivity contribution >= 4 is 5.57 Å². The molecule has 16 heavy (non-hydrogen) atoms. The van der Waals surface area contributed by atoms with E-state index in [0.717, 1.165) is 11.3 Å². The maximum atomic E-state index is 9.15. The Morgan fingerprint density at radius 3 is 2.75 bits per heavy atom. The zero-order valence-electron chi connectivity index (χ0n) is 9.39. The lowest BCUT2D eigenvalue weighted by Crippen LogP contribution is -2.03. The molecule has 0 aromatic carbocycles. The minimum atomic E-state index is 0.574. The predicted molar refractivity (Wildman–Crippen MR) is 64.4 cm³/mol. The van der Waals surface area contributed by atoms with Gasteiger partial charge in [0.05, 0.1) is 11.3 Å². The molecule has 1 saturated carbocycles. The van der Waals surface area contributed by atoms with E-state index in [-0.39, 0.29) is 0 Å². The summed E-state index contributed by atoms with van der Waals surface area (Å²) >= 11 is 0. The highest BCUT2D eigenvalue weighted by Crippen LogP contribution is 2.27. The third-order valence-electron chi connectivity index (χ3n) is 3.11. The number of pyridine rings is 1. The Bertz CT molecular complexity index is 394. The molecule has 0 bridgehead atoms. The largest absolute Gasteiger partial charge is 0.256 e. The van der Waals surface area contributed by atoms with Gasteiger partial charge in [-0.15, -0.1) is 0 Å². The van der Waals surface area contributed by atoms with Crippen molar-refractivity contribution in [3.63, 3.8) is 0 Å². The first-order valence-corrected chi connectivity index (χ1v) is 5.93. The smallest absolute Gasteiger partial charge is 0.101 e. The normalized spacial score (nSPS) is 18.1. The molecule has 1 heterocycles. The number of hydrogen-bond donors (Lipinski definition) is 0. The first-order chi connectivity index (χ1) is 7.90. The maximum absolute atomic E-state index is 9.15. The van der Waals surface area contributed by atoms with Crippen LogP contribution in [-0.2, 0) is 0 Å². The molecule has 0 spiro atoms. The summed E-state index contributed by atoms with van der Waals surface area (Å²) in [6.45, 7) is 0. The Morgan fingerprint density at radius 2 is 2.12 bits per heavy atom. The SMILES string of the molecule is N#C/C(=C\C1CCCCC1)c1ccccn1. The third-order valence-corrected chi connectivity index (χ3v) is 3.11. The highest BCUT2D eigenvalue weighted by molar-refractivity contribution is 5.74. The van der Waals surface area contributed by atoms with Gasteiger partial charge in [0.15, 0.2) is 0 Å². The Kier molecular flexibility index (Phi) is 3.71. The van der Waals surface area contributed by atoms with Gasteiger partial charge in [0.25, 0.3) is 0 Å². The predicted octanol–water partition coefficient (Wildman–Crippen LogP) is 3.57. The van der Waals surface area contributed by atoms with Crippen LogP contribution in [0.2, 0.25) is 0 Å². The van der Waals surface area contributed by atoms with E-state index in [4.69, 9.17) is 5.26 Å². The van der Waals surface area contributed by atoms with E-state index < -0.39 is 0 Å². The third kappa shape index (κ3) is 2.70. The number of allylic oxidation sites excluding steroid dienone is 2. The van der Waals surface area contributed by atoms with Crippen LogP contribution in [0.25, 0.3) is 5.57 Å². The van der Waals surface area contributed by atoms with Gasteiger partial charge in [-0.2, -0.15) is 5.26 Å². The molecule has 0 radical (unpaired) electrons. The standard InChI is InChI=1S/C14H16N2/c15-11-13(14-8-4-5-9-16-14)10-12-6-2-1-3-7-12/h4-5,8-10,12H,1-3,6-7H2/b13-10+. The van der Waals surface area contributed by atoms with Gasteiger partial charge in [-0.1, -0.05) is 31.4 Å². The van der Waals surface area contributed by atoms with Crippen LogP contribution >= 0.6 is 0 Å². The molecule has 0 N–H and O–H groups in total. The van der Waals surface area contributed by atoms with E-state index in [1.807, 2.05) is 18.2 Å². The topological polar surface area (TPSA) is 36.7 Å². The van der Waals surface area contributed by atoms with Crippen molar-refractivity contribution < 1.29 is 0 Å². The number of hydrogen-bond acceptors (Lipinski definition) is 2. The maximum Gasteiger partial charge on any atom is 0.101 e. The van der Waals surface area contributed by atoms with Crippen molar-refractivity contribution in [2.75, 3.05) is 0 Å². The van der Waals surface area contributed by atoms with E-state index in [1.165, 1.54) is 32.1 Å². The molecule has 1 aromatic heterocycles. The minimum absolute atomic E-state index is 0.574. The lowest BCUT2D eigenvalue weighted by molar-refractivity contribution is 0.420.